The lowest BCUT2D eigenvalue weighted by atomic mass is 9.99. The zero-order valence-electron chi connectivity index (χ0n) is 25.4. The molecule has 0 radical (unpaired) electrons. The number of benzene rings is 3. The summed E-state index contributed by atoms with van der Waals surface area (Å²) in [6.45, 7) is 6.92. The molecular formula is C34H40ClN5O5. The Morgan fingerprint density at radius 1 is 0.933 bits per heavy atom. The van der Waals surface area contributed by atoms with Crippen molar-refractivity contribution >= 4 is 28.5 Å². The minimum absolute atomic E-state index is 0.0804. The van der Waals surface area contributed by atoms with Gasteiger partial charge in [-0.2, -0.15) is 4.98 Å². The van der Waals surface area contributed by atoms with Crippen LogP contribution in [0.2, 0.25) is 5.02 Å². The first-order chi connectivity index (χ1) is 22.0. The van der Waals surface area contributed by atoms with Crippen LogP contribution in [-0.4, -0.2) is 91.3 Å². The van der Waals surface area contributed by atoms with Crippen molar-refractivity contribution in [2.45, 2.75) is 44.2 Å². The van der Waals surface area contributed by atoms with Gasteiger partial charge in [0.2, 0.25) is 0 Å². The molecule has 0 aliphatic carbocycles. The van der Waals surface area contributed by atoms with E-state index in [4.69, 9.17) is 25.8 Å². The second-order valence-electron chi connectivity index (χ2n) is 11.5. The normalized spacial score (nSPS) is 20.9. The van der Waals surface area contributed by atoms with Crippen molar-refractivity contribution in [1.29, 1.82) is 0 Å². The molecule has 45 heavy (non-hydrogen) atoms. The minimum atomic E-state index is -0.636. The van der Waals surface area contributed by atoms with Crippen LogP contribution >= 0.6 is 11.6 Å². The minimum Gasteiger partial charge on any atom is -0.456 e. The summed E-state index contributed by atoms with van der Waals surface area (Å²) >= 11 is 6.69. The quantitative estimate of drug-likeness (QED) is 0.131. The van der Waals surface area contributed by atoms with Crippen LogP contribution in [0.3, 0.4) is 0 Å². The average molecular weight is 634 g/mol. The lowest BCUT2D eigenvalue weighted by molar-refractivity contribution is 0.00706. The van der Waals surface area contributed by atoms with Gasteiger partial charge in [0.05, 0.1) is 29.3 Å². The Kier molecular flexibility index (Phi) is 10.3. The van der Waals surface area contributed by atoms with Gasteiger partial charge in [-0.15, -0.1) is 0 Å². The van der Waals surface area contributed by atoms with E-state index < -0.39 is 6.10 Å². The van der Waals surface area contributed by atoms with E-state index in [2.05, 4.69) is 32.8 Å². The fraction of sp³-hybridized carbons (Fsp3) is 0.412. The number of aromatic nitrogens is 2. The maximum atomic E-state index is 12.6. The number of unbranched alkanes of at least 4 members (excludes halogenated alkanes) is 1. The molecule has 11 heteroatoms. The Morgan fingerprint density at radius 2 is 1.60 bits per heavy atom. The van der Waals surface area contributed by atoms with Crippen molar-refractivity contribution in [1.82, 2.24) is 25.9 Å². The van der Waals surface area contributed by atoms with Gasteiger partial charge in [-0.05, 0) is 53.9 Å². The van der Waals surface area contributed by atoms with E-state index >= 15 is 0 Å². The summed E-state index contributed by atoms with van der Waals surface area (Å²) in [6.07, 6.45) is 0.711. The van der Waals surface area contributed by atoms with E-state index in [1.165, 1.54) is 12.8 Å². The molecule has 0 spiro atoms. The Hall–Kier alpha value is -3.51. The molecular weight excluding hydrogens is 594 g/mol. The van der Waals surface area contributed by atoms with Gasteiger partial charge < -0.3 is 40.3 Å². The zero-order chi connectivity index (χ0) is 31.2. The summed E-state index contributed by atoms with van der Waals surface area (Å²) in [5, 5.41) is 20.3. The van der Waals surface area contributed by atoms with E-state index in [1.54, 1.807) is 0 Å². The number of halogens is 1. The van der Waals surface area contributed by atoms with E-state index in [0.717, 1.165) is 59.5 Å². The Labute approximate surface area is 267 Å². The summed E-state index contributed by atoms with van der Waals surface area (Å²) < 4.78 is 17.3. The van der Waals surface area contributed by atoms with Gasteiger partial charge in [0, 0.05) is 37.3 Å². The number of aliphatic hydroxyl groups excluding tert-OH is 1. The van der Waals surface area contributed by atoms with Gasteiger partial charge in [-0.3, -0.25) is 4.79 Å². The molecule has 2 aliphatic rings. The Morgan fingerprint density at radius 3 is 2.36 bits per heavy atom. The largest absolute Gasteiger partial charge is 0.456 e. The van der Waals surface area contributed by atoms with Gasteiger partial charge >= 0.3 is 0 Å². The number of hydrogen-bond acceptors (Lipinski definition) is 8. The number of hydrogen-bond donors (Lipinski definition) is 5. The summed E-state index contributed by atoms with van der Waals surface area (Å²) in [5.41, 5.74) is 5.98. The molecule has 0 bridgehead atoms. The molecule has 4 aromatic rings. The molecule has 0 saturated carbocycles. The number of ether oxygens (including phenoxy) is 3. The summed E-state index contributed by atoms with van der Waals surface area (Å²) in [5.74, 6) is -0.0804. The Balaban J connectivity index is 1.03. The third-order valence-corrected chi connectivity index (χ3v) is 8.56. The molecule has 5 N–H and O–H groups in total. The molecule has 0 unspecified atom stereocenters. The standard InChI is InChI=1S/C34H40ClN5O5/c1-2-3-12-36-13-14-37-15-16-38-33(42)24-10-6-22(7-11-24)21-4-8-23(9-5-21)25-17-27-28(18-26(25)35)40-34(39-27)45-30-20-44-31-29(41)19-43-32(30)31/h4-11,17-18,29-32,36-37,41H,2-3,12-16,19-20H2,1H3,(H,38,42)(H,39,40)/t29-,30-,31-,32-/m1/s1. The lowest BCUT2D eigenvalue weighted by Gasteiger charge is -2.15. The van der Waals surface area contributed by atoms with Crippen LogP contribution in [0.5, 0.6) is 6.01 Å². The van der Waals surface area contributed by atoms with Gasteiger partial charge in [0.15, 0.2) is 6.10 Å². The van der Waals surface area contributed by atoms with E-state index in [-0.39, 0.29) is 30.8 Å². The number of rotatable bonds is 14. The highest BCUT2D eigenvalue weighted by molar-refractivity contribution is 6.34. The number of H-pyrrole nitrogens is 1. The summed E-state index contributed by atoms with van der Waals surface area (Å²) in [6, 6.07) is 19.9. The van der Waals surface area contributed by atoms with Crippen LogP contribution in [0.15, 0.2) is 60.7 Å². The average Bonchev–Trinajstić information content (AvgIpc) is 3.76. The number of amides is 1. The number of nitrogens with zero attached hydrogens (tertiary/aromatic N) is 1. The van der Waals surface area contributed by atoms with Crippen molar-refractivity contribution in [2.24, 2.45) is 0 Å². The highest BCUT2D eigenvalue weighted by Crippen LogP contribution is 2.35. The Bertz CT molecular complexity index is 1580. The molecule has 10 nitrogen and oxygen atoms in total. The van der Waals surface area contributed by atoms with Crippen LogP contribution < -0.4 is 20.7 Å². The van der Waals surface area contributed by atoms with Gasteiger partial charge in [0.25, 0.3) is 11.9 Å². The van der Waals surface area contributed by atoms with Gasteiger partial charge in [-0.25, -0.2) is 0 Å². The number of aromatic amines is 1. The second kappa shape index (κ2) is 14.7. The van der Waals surface area contributed by atoms with Crippen LogP contribution in [-0.2, 0) is 9.47 Å². The number of aliphatic hydroxyl groups is 1. The van der Waals surface area contributed by atoms with Crippen LogP contribution in [0.4, 0.5) is 0 Å². The molecule has 2 saturated heterocycles. The second-order valence-corrected chi connectivity index (χ2v) is 11.9. The topological polar surface area (TPSA) is 130 Å². The smallest absolute Gasteiger partial charge is 0.295 e. The van der Waals surface area contributed by atoms with Crippen molar-refractivity contribution in [3.63, 3.8) is 0 Å². The fourth-order valence-corrected chi connectivity index (χ4v) is 6.00. The van der Waals surface area contributed by atoms with E-state index in [9.17, 15) is 9.90 Å². The summed E-state index contributed by atoms with van der Waals surface area (Å²) in [4.78, 5) is 20.4. The first-order valence-electron chi connectivity index (χ1n) is 15.7. The third-order valence-electron chi connectivity index (χ3n) is 8.24. The van der Waals surface area contributed by atoms with Crippen LogP contribution in [0.1, 0.15) is 30.1 Å². The predicted molar refractivity (Wildman–Crippen MR) is 175 cm³/mol. The third kappa shape index (κ3) is 7.49. The molecule has 1 amide bonds. The maximum absolute atomic E-state index is 12.6. The SMILES string of the molecule is CCCCNCCNCCNC(=O)c1ccc(-c2ccc(-c3cc4nc(O[C@@H]5CO[C@H]6[C@@H]5OC[C@H]6O)[nH]c4cc3Cl)cc2)cc1. The number of carbonyl (C=O) groups is 1. The highest BCUT2D eigenvalue weighted by Gasteiger charge is 2.48. The monoisotopic (exact) mass is 633 g/mol. The van der Waals surface area contributed by atoms with E-state index in [0.29, 0.717) is 29.7 Å². The first kappa shape index (κ1) is 31.5. The molecule has 2 aliphatic heterocycles. The number of carbonyl (C=O) groups excluding carboxylic acids is 1. The van der Waals surface area contributed by atoms with Crippen LogP contribution in [0.25, 0.3) is 33.3 Å². The zero-order valence-corrected chi connectivity index (χ0v) is 26.1. The fourth-order valence-electron chi connectivity index (χ4n) is 5.72. The van der Waals surface area contributed by atoms with Crippen molar-refractivity contribution in [2.75, 3.05) is 45.9 Å². The first-order valence-corrected chi connectivity index (χ1v) is 16.1. The molecule has 4 atom stereocenters. The van der Waals surface area contributed by atoms with Crippen LogP contribution in [0, 0.1) is 0 Å². The van der Waals surface area contributed by atoms with Crippen molar-refractivity contribution in [3.8, 4) is 28.3 Å². The molecule has 2 fully saturated rings. The molecule has 1 aromatic heterocycles. The number of nitrogens with one attached hydrogen (secondary N) is 4. The molecule has 6 rings (SSSR count). The van der Waals surface area contributed by atoms with Gasteiger partial charge in [0.1, 0.15) is 18.3 Å². The van der Waals surface area contributed by atoms with E-state index in [1.807, 2.05) is 60.7 Å². The highest BCUT2D eigenvalue weighted by atomic mass is 35.5. The summed E-state index contributed by atoms with van der Waals surface area (Å²) in [7, 11) is 0. The molecule has 3 heterocycles. The maximum Gasteiger partial charge on any atom is 0.295 e. The van der Waals surface area contributed by atoms with Crippen molar-refractivity contribution < 1.29 is 24.1 Å². The van der Waals surface area contributed by atoms with Crippen molar-refractivity contribution in [3.05, 3.63) is 71.2 Å². The predicted octanol–water partition coefficient (Wildman–Crippen LogP) is 4.17. The number of imidazole rings is 1. The van der Waals surface area contributed by atoms with Gasteiger partial charge in [-0.1, -0.05) is 61.3 Å². The lowest BCUT2D eigenvalue weighted by Crippen LogP contribution is -2.35. The number of fused-ring (bicyclic) bond motifs is 2. The molecule has 3 aromatic carbocycles. The molecule has 238 valence electrons.